The summed E-state index contributed by atoms with van der Waals surface area (Å²) in [5.41, 5.74) is 1.13. The maximum atomic E-state index is 13.7. The van der Waals surface area contributed by atoms with Gasteiger partial charge in [0.1, 0.15) is 17.2 Å². The predicted octanol–water partition coefficient (Wildman–Crippen LogP) is 3.47. The zero-order chi connectivity index (χ0) is 21.3. The molecule has 0 unspecified atom stereocenters. The molecule has 1 aromatic heterocycles. The monoisotopic (exact) mass is 410 g/mol. The molecule has 0 aliphatic carbocycles. The van der Waals surface area contributed by atoms with Gasteiger partial charge >= 0.3 is 0 Å². The molecule has 0 atom stereocenters. The van der Waals surface area contributed by atoms with Crippen molar-refractivity contribution in [3.63, 3.8) is 0 Å². The highest BCUT2D eigenvalue weighted by Crippen LogP contribution is 2.19. The van der Waals surface area contributed by atoms with Crippen LogP contribution >= 0.6 is 0 Å². The van der Waals surface area contributed by atoms with Gasteiger partial charge in [0.05, 0.1) is 12.7 Å². The molecule has 0 bridgehead atoms. The van der Waals surface area contributed by atoms with Crippen LogP contribution in [0.1, 0.15) is 21.5 Å². The summed E-state index contributed by atoms with van der Waals surface area (Å²) in [5, 5.41) is 0. The highest BCUT2D eigenvalue weighted by atomic mass is 19.1. The largest absolute Gasteiger partial charge is 0.370 e. The maximum absolute atomic E-state index is 13.7. The molecule has 5 nitrogen and oxygen atoms in total. The van der Waals surface area contributed by atoms with Gasteiger partial charge in [-0.1, -0.05) is 18.2 Å². The van der Waals surface area contributed by atoms with E-state index in [1.54, 1.807) is 37.4 Å². The van der Waals surface area contributed by atoms with Gasteiger partial charge in [-0.3, -0.25) is 14.2 Å². The Balaban J connectivity index is 1.45. The van der Waals surface area contributed by atoms with E-state index in [0.717, 1.165) is 0 Å². The van der Waals surface area contributed by atoms with E-state index in [1.165, 1.54) is 39.8 Å². The number of rotatable bonds is 5. The van der Waals surface area contributed by atoms with Crippen LogP contribution in [0.15, 0.2) is 65.6 Å². The molecule has 30 heavy (non-hydrogen) atoms. The number of hydrogen-bond acceptors (Lipinski definition) is 3. The zero-order valence-electron chi connectivity index (χ0n) is 16.3. The Bertz CT molecular complexity index is 1140. The van der Waals surface area contributed by atoms with Gasteiger partial charge in [0, 0.05) is 30.5 Å². The minimum absolute atomic E-state index is 0.0781. The maximum Gasteiger partial charge on any atom is 0.268 e. The average molecular weight is 410 g/mol. The molecule has 7 heteroatoms. The lowest BCUT2D eigenvalue weighted by molar-refractivity contribution is -0.0510. The number of ether oxygens (including phenoxy) is 1. The Labute approximate surface area is 172 Å². The molecule has 2 heterocycles. The first kappa shape index (κ1) is 20.0. The standard InChI is InChI=1S/C23H20F2N2O3/c1-15-10-11-27(18-8-6-17(24)7-9-18)23(29)21(15)22(28)26-12-19(13-26)30-14-16-4-2-3-5-20(16)25/h2-11,19H,12-14H2,1H3. The van der Waals surface area contributed by atoms with E-state index in [1.807, 2.05) is 0 Å². The van der Waals surface area contributed by atoms with E-state index in [9.17, 15) is 18.4 Å². The number of aryl methyl sites for hydroxylation is 1. The number of halogens is 2. The molecule has 1 amide bonds. The van der Waals surface area contributed by atoms with Crippen molar-refractivity contribution in [2.75, 3.05) is 13.1 Å². The summed E-state index contributed by atoms with van der Waals surface area (Å²) in [4.78, 5) is 27.4. The van der Waals surface area contributed by atoms with E-state index < -0.39 is 11.4 Å². The molecule has 1 aliphatic heterocycles. The fourth-order valence-corrected chi connectivity index (χ4v) is 3.38. The summed E-state index contributed by atoms with van der Waals surface area (Å²) in [6, 6.07) is 13.6. The van der Waals surface area contributed by atoms with Crippen LogP contribution in [-0.4, -0.2) is 34.6 Å². The number of aromatic nitrogens is 1. The quantitative estimate of drug-likeness (QED) is 0.647. The highest BCUT2D eigenvalue weighted by molar-refractivity contribution is 5.95. The predicted molar refractivity (Wildman–Crippen MR) is 108 cm³/mol. The third-order valence-corrected chi connectivity index (χ3v) is 5.19. The second kappa shape index (κ2) is 8.20. The molecule has 0 N–H and O–H groups in total. The van der Waals surface area contributed by atoms with Crippen LogP contribution in [-0.2, 0) is 11.3 Å². The van der Waals surface area contributed by atoms with Crippen LogP contribution < -0.4 is 5.56 Å². The van der Waals surface area contributed by atoms with Crippen LogP contribution in [0.25, 0.3) is 5.69 Å². The lowest BCUT2D eigenvalue weighted by atomic mass is 10.1. The summed E-state index contributed by atoms with van der Waals surface area (Å²) >= 11 is 0. The lowest BCUT2D eigenvalue weighted by Crippen LogP contribution is -2.55. The van der Waals surface area contributed by atoms with Gasteiger partial charge in [-0.2, -0.15) is 0 Å². The van der Waals surface area contributed by atoms with Gasteiger partial charge in [-0.05, 0) is 48.9 Å². The van der Waals surface area contributed by atoms with Gasteiger partial charge in [-0.15, -0.1) is 0 Å². The molecule has 4 rings (SSSR count). The van der Waals surface area contributed by atoms with E-state index in [2.05, 4.69) is 0 Å². The smallest absolute Gasteiger partial charge is 0.268 e. The van der Waals surface area contributed by atoms with Crippen LogP contribution in [0.2, 0.25) is 0 Å². The second-order valence-corrected chi connectivity index (χ2v) is 7.26. The molecule has 1 fully saturated rings. The molecule has 1 saturated heterocycles. The van der Waals surface area contributed by atoms with Gasteiger partial charge < -0.3 is 9.64 Å². The third kappa shape index (κ3) is 3.89. The molecule has 0 spiro atoms. The Morgan fingerprint density at radius 3 is 2.47 bits per heavy atom. The average Bonchev–Trinajstić information content (AvgIpc) is 2.69. The molecule has 2 aromatic carbocycles. The number of hydrogen-bond donors (Lipinski definition) is 0. The minimum Gasteiger partial charge on any atom is -0.370 e. The molecule has 0 radical (unpaired) electrons. The molecule has 3 aromatic rings. The number of likely N-dealkylation sites (tertiary alicyclic amines) is 1. The summed E-state index contributed by atoms with van der Waals surface area (Å²) in [6.45, 7) is 2.49. The van der Waals surface area contributed by atoms with Crippen molar-refractivity contribution in [1.29, 1.82) is 0 Å². The van der Waals surface area contributed by atoms with Crippen molar-refractivity contribution in [3.8, 4) is 5.69 Å². The number of amides is 1. The zero-order valence-corrected chi connectivity index (χ0v) is 16.3. The van der Waals surface area contributed by atoms with Gasteiger partial charge in [-0.25, -0.2) is 8.78 Å². The van der Waals surface area contributed by atoms with Crippen LogP contribution in [0.5, 0.6) is 0 Å². The molecular formula is C23H20F2N2O3. The van der Waals surface area contributed by atoms with E-state index >= 15 is 0 Å². The number of carbonyl (C=O) groups is 1. The van der Waals surface area contributed by atoms with Crippen LogP contribution in [0, 0.1) is 18.6 Å². The van der Waals surface area contributed by atoms with Crippen molar-refractivity contribution >= 4 is 5.91 Å². The lowest BCUT2D eigenvalue weighted by Gasteiger charge is -2.39. The third-order valence-electron chi connectivity index (χ3n) is 5.19. The summed E-state index contributed by atoms with van der Waals surface area (Å²) < 4.78 is 33.9. The molecular weight excluding hydrogens is 390 g/mol. The first-order chi connectivity index (χ1) is 14.4. The van der Waals surface area contributed by atoms with E-state index in [4.69, 9.17) is 4.74 Å². The minimum atomic E-state index is -0.456. The number of pyridine rings is 1. The van der Waals surface area contributed by atoms with Crippen molar-refractivity contribution < 1.29 is 18.3 Å². The van der Waals surface area contributed by atoms with E-state index in [0.29, 0.717) is 29.9 Å². The summed E-state index contributed by atoms with van der Waals surface area (Å²) in [7, 11) is 0. The van der Waals surface area contributed by atoms with Crippen LogP contribution in [0.3, 0.4) is 0 Å². The normalized spacial score (nSPS) is 13.9. The fourth-order valence-electron chi connectivity index (χ4n) is 3.38. The topological polar surface area (TPSA) is 51.5 Å². The second-order valence-electron chi connectivity index (χ2n) is 7.26. The van der Waals surface area contributed by atoms with E-state index in [-0.39, 0.29) is 30.0 Å². The molecule has 154 valence electrons. The highest BCUT2D eigenvalue weighted by Gasteiger charge is 2.34. The molecule has 0 saturated carbocycles. The van der Waals surface area contributed by atoms with Gasteiger partial charge in [0.25, 0.3) is 11.5 Å². The summed E-state index contributed by atoms with van der Waals surface area (Å²) in [6.07, 6.45) is 1.36. The van der Waals surface area contributed by atoms with Crippen molar-refractivity contribution in [3.05, 3.63) is 99.5 Å². The fraction of sp³-hybridized carbons (Fsp3) is 0.217. The first-order valence-corrected chi connectivity index (χ1v) is 9.56. The Morgan fingerprint density at radius 2 is 1.77 bits per heavy atom. The number of carbonyl (C=O) groups excluding carboxylic acids is 1. The SMILES string of the molecule is Cc1ccn(-c2ccc(F)cc2)c(=O)c1C(=O)N1CC(OCc2ccccc2F)C1. The Hall–Kier alpha value is -3.32. The van der Waals surface area contributed by atoms with Crippen molar-refractivity contribution in [2.24, 2.45) is 0 Å². The van der Waals surface area contributed by atoms with Gasteiger partial charge in [0.15, 0.2) is 0 Å². The number of nitrogens with zero attached hydrogens (tertiary/aromatic N) is 2. The van der Waals surface area contributed by atoms with Crippen molar-refractivity contribution in [2.45, 2.75) is 19.6 Å². The van der Waals surface area contributed by atoms with Crippen molar-refractivity contribution in [1.82, 2.24) is 9.47 Å². The molecule has 1 aliphatic rings. The van der Waals surface area contributed by atoms with Crippen LogP contribution in [0.4, 0.5) is 8.78 Å². The summed E-state index contributed by atoms with van der Waals surface area (Å²) in [5.74, 6) is -1.11. The van der Waals surface area contributed by atoms with Gasteiger partial charge in [0.2, 0.25) is 0 Å². The Kier molecular flexibility index (Phi) is 5.46. The number of benzene rings is 2. The Morgan fingerprint density at radius 1 is 1.07 bits per heavy atom. The first-order valence-electron chi connectivity index (χ1n) is 9.56.